The number of hydrogen-bond donors (Lipinski definition) is 1. The van der Waals surface area contributed by atoms with Gasteiger partial charge in [0.25, 0.3) is 0 Å². The predicted octanol–water partition coefficient (Wildman–Crippen LogP) is 3.75. The van der Waals surface area contributed by atoms with Crippen LogP contribution in [0, 0.1) is 5.82 Å². The molecular weight excluding hydrogens is 379 g/mol. The quantitative estimate of drug-likeness (QED) is 0.637. The highest BCUT2D eigenvalue weighted by Crippen LogP contribution is 2.42. The molecule has 3 aromatic rings. The van der Waals surface area contributed by atoms with Crippen LogP contribution in [0.25, 0.3) is 5.69 Å². The third kappa shape index (κ3) is 3.75. The molecule has 0 aliphatic heterocycles. The maximum Gasteiger partial charge on any atom is 0.221 e. The molecule has 2 heterocycles. The molecule has 1 aliphatic carbocycles. The first-order chi connectivity index (χ1) is 13.6. The molecule has 0 radical (unpaired) electrons. The number of nitrogens with zero attached hydrogens (tertiary/aromatic N) is 5. The van der Waals surface area contributed by atoms with E-state index in [4.69, 9.17) is 0 Å². The Morgan fingerprint density at radius 2 is 2.14 bits per heavy atom. The van der Waals surface area contributed by atoms with Gasteiger partial charge in [-0.2, -0.15) is 0 Å². The Kier molecular flexibility index (Phi) is 5.08. The van der Waals surface area contributed by atoms with Crippen LogP contribution in [0.5, 0.6) is 0 Å². The standard InChI is InChI=1S/C19H19FN6OS/c1-3-15-16(20)18(22-10-21-15)28-19-25-24-17(12-7-8-12)26(19)14-6-4-5-13(9-14)23-11(2)27/h4-6,9-10,12H,3,7-8H2,1-2H3,(H,23,27). The number of aromatic nitrogens is 5. The van der Waals surface area contributed by atoms with Gasteiger partial charge in [-0.3, -0.25) is 9.36 Å². The number of anilines is 1. The summed E-state index contributed by atoms with van der Waals surface area (Å²) in [5.41, 5.74) is 1.86. The largest absolute Gasteiger partial charge is 0.326 e. The van der Waals surface area contributed by atoms with Gasteiger partial charge in [0.1, 0.15) is 17.2 Å². The van der Waals surface area contributed by atoms with Crippen molar-refractivity contribution in [2.75, 3.05) is 5.32 Å². The second kappa shape index (κ2) is 7.67. The van der Waals surface area contributed by atoms with Gasteiger partial charge < -0.3 is 5.32 Å². The number of hydrogen-bond acceptors (Lipinski definition) is 6. The molecule has 0 spiro atoms. The first-order valence-electron chi connectivity index (χ1n) is 9.07. The average molecular weight is 398 g/mol. The molecule has 7 nitrogen and oxygen atoms in total. The SMILES string of the molecule is CCc1ncnc(Sc2nnc(C3CC3)n2-c2cccc(NC(C)=O)c2)c1F. The number of amides is 1. The van der Waals surface area contributed by atoms with E-state index in [2.05, 4.69) is 25.5 Å². The molecule has 9 heteroatoms. The van der Waals surface area contributed by atoms with Crippen molar-refractivity contribution < 1.29 is 9.18 Å². The Morgan fingerprint density at radius 1 is 1.32 bits per heavy atom. The van der Waals surface area contributed by atoms with E-state index in [1.165, 1.54) is 13.3 Å². The van der Waals surface area contributed by atoms with Crippen LogP contribution in [-0.2, 0) is 11.2 Å². The summed E-state index contributed by atoms with van der Waals surface area (Å²) in [6, 6.07) is 7.44. The van der Waals surface area contributed by atoms with Crippen LogP contribution in [0.2, 0.25) is 0 Å². The van der Waals surface area contributed by atoms with Crippen molar-refractivity contribution in [3.05, 3.63) is 47.9 Å². The maximum absolute atomic E-state index is 14.6. The van der Waals surface area contributed by atoms with Crippen LogP contribution >= 0.6 is 11.8 Å². The summed E-state index contributed by atoms with van der Waals surface area (Å²) in [6.45, 7) is 3.31. The summed E-state index contributed by atoms with van der Waals surface area (Å²) >= 11 is 1.13. The van der Waals surface area contributed by atoms with Crippen LogP contribution in [0.3, 0.4) is 0 Å². The molecule has 1 fully saturated rings. The molecule has 1 aliphatic rings. The Labute approximate surface area is 165 Å². The smallest absolute Gasteiger partial charge is 0.221 e. The third-order valence-electron chi connectivity index (χ3n) is 4.38. The molecule has 0 bridgehead atoms. The average Bonchev–Trinajstić information content (AvgIpc) is 3.43. The van der Waals surface area contributed by atoms with E-state index in [0.717, 1.165) is 36.1 Å². The van der Waals surface area contributed by atoms with E-state index in [1.54, 1.807) is 0 Å². The second-order valence-electron chi connectivity index (χ2n) is 6.58. The van der Waals surface area contributed by atoms with Crippen molar-refractivity contribution >= 4 is 23.4 Å². The van der Waals surface area contributed by atoms with E-state index in [-0.39, 0.29) is 10.9 Å². The Balaban J connectivity index is 1.75. The summed E-state index contributed by atoms with van der Waals surface area (Å²) in [4.78, 5) is 19.5. The van der Waals surface area contributed by atoms with Crippen molar-refractivity contribution in [1.29, 1.82) is 0 Å². The van der Waals surface area contributed by atoms with Crippen LogP contribution in [-0.4, -0.2) is 30.6 Å². The zero-order valence-corrected chi connectivity index (χ0v) is 16.3. The number of aryl methyl sites for hydroxylation is 1. The lowest BCUT2D eigenvalue weighted by Gasteiger charge is -2.12. The van der Waals surface area contributed by atoms with Gasteiger partial charge >= 0.3 is 0 Å². The van der Waals surface area contributed by atoms with Crippen molar-refractivity contribution in [3.8, 4) is 5.69 Å². The van der Waals surface area contributed by atoms with Crippen molar-refractivity contribution in [2.24, 2.45) is 0 Å². The molecule has 144 valence electrons. The summed E-state index contributed by atoms with van der Waals surface area (Å²) in [5, 5.41) is 12.2. The van der Waals surface area contributed by atoms with Gasteiger partial charge in [-0.1, -0.05) is 13.0 Å². The molecule has 1 aromatic carbocycles. The fourth-order valence-corrected chi connectivity index (χ4v) is 3.77. The predicted molar refractivity (Wildman–Crippen MR) is 103 cm³/mol. The molecule has 0 unspecified atom stereocenters. The van der Waals surface area contributed by atoms with Crippen LogP contribution < -0.4 is 5.32 Å². The number of nitrogens with one attached hydrogen (secondary N) is 1. The van der Waals surface area contributed by atoms with Gasteiger partial charge in [0.2, 0.25) is 11.1 Å². The molecule has 1 saturated carbocycles. The first-order valence-corrected chi connectivity index (χ1v) is 9.89. The monoisotopic (exact) mass is 398 g/mol. The molecule has 4 rings (SSSR count). The molecule has 2 aromatic heterocycles. The fourth-order valence-electron chi connectivity index (χ4n) is 2.91. The van der Waals surface area contributed by atoms with E-state index in [9.17, 15) is 9.18 Å². The minimum absolute atomic E-state index is 0.145. The Morgan fingerprint density at radius 3 is 2.86 bits per heavy atom. The minimum atomic E-state index is -0.426. The summed E-state index contributed by atoms with van der Waals surface area (Å²) in [5.74, 6) is 0.609. The van der Waals surface area contributed by atoms with Gasteiger partial charge in [-0.25, -0.2) is 14.4 Å². The van der Waals surface area contributed by atoms with E-state index in [1.807, 2.05) is 35.8 Å². The molecule has 0 saturated heterocycles. The number of benzene rings is 1. The topological polar surface area (TPSA) is 85.6 Å². The summed E-state index contributed by atoms with van der Waals surface area (Å²) in [6.07, 6.45) is 3.96. The number of halogens is 1. The Bertz CT molecular complexity index is 1030. The Hall–Kier alpha value is -2.81. The van der Waals surface area contributed by atoms with Gasteiger partial charge in [0.15, 0.2) is 5.82 Å². The van der Waals surface area contributed by atoms with Gasteiger partial charge in [0, 0.05) is 18.5 Å². The number of carbonyl (C=O) groups excluding carboxylic acids is 1. The van der Waals surface area contributed by atoms with E-state index < -0.39 is 5.82 Å². The maximum atomic E-state index is 14.6. The molecule has 28 heavy (non-hydrogen) atoms. The van der Waals surface area contributed by atoms with Crippen LogP contribution in [0.4, 0.5) is 10.1 Å². The van der Waals surface area contributed by atoms with Gasteiger partial charge in [-0.05, 0) is 49.2 Å². The lowest BCUT2D eigenvalue weighted by molar-refractivity contribution is -0.114. The van der Waals surface area contributed by atoms with Crippen LogP contribution in [0.15, 0.2) is 40.8 Å². The molecule has 0 atom stereocenters. The molecule has 1 amide bonds. The van der Waals surface area contributed by atoms with E-state index in [0.29, 0.717) is 28.9 Å². The second-order valence-corrected chi connectivity index (χ2v) is 7.53. The van der Waals surface area contributed by atoms with Crippen LogP contribution in [0.1, 0.15) is 44.1 Å². The first kappa shape index (κ1) is 18.5. The third-order valence-corrected chi connectivity index (χ3v) is 5.30. The fraction of sp³-hybridized carbons (Fsp3) is 0.316. The highest BCUT2D eigenvalue weighted by atomic mass is 32.2. The highest BCUT2D eigenvalue weighted by Gasteiger charge is 2.31. The van der Waals surface area contributed by atoms with Crippen molar-refractivity contribution in [2.45, 2.75) is 49.2 Å². The molecule has 1 N–H and O–H groups in total. The number of rotatable bonds is 6. The summed E-state index contributed by atoms with van der Waals surface area (Å²) in [7, 11) is 0. The zero-order valence-electron chi connectivity index (χ0n) is 15.5. The van der Waals surface area contributed by atoms with Gasteiger partial charge in [-0.15, -0.1) is 10.2 Å². The lowest BCUT2D eigenvalue weighted by atomic mass is 10.2. The van der Waals surface area contributed by atoms with Crippen molar-refractivity contribution in [3.63, 3.8) is 0 Å². The van der Waals surface area contributed by atoms with Crippen molar-refractivity contribution in [1.82, 2.24) is 24.7 Å². The van der Waals surface area contributed by atoms with E-state index >= 15 is 0 Å². The minimum Gasteiger partial charge on any atom is -0.326 e. The lowest BCUT2D eigenvalue weighted by Crippen LogP contribution is -2.07. The zero-order chi connectivity index (χ0) is 19.7. The number of carbonyl (C=O) groups is 1. The molecular formula is C19H19FN6OS. The highest BCUT2D eigenvalue weighted by molar-refractivity contribution is 7.99. The summed E-state index contributed by atoms with van der Waals surface area (Å²) < 4.78 is 16.5. The normalized spacial score (nSPS) is 13.5. The van der Waals surface area contributed by atoms with Gasteiger partial charge in [0.05, 0.1) is 11.4 Å².